The predicted octanol–water partition coefficient (Wildman–Crippen LogP) is 3.16. The third-order valence-electron chi connectivity index (χ3n) is 4.97. The molecule has 1 aromatic heterocycles. The lowest BCUT2D eigenvalue weighted by Gasteiger charge is -2.16. The molecule has 2 aliphatic rings. The van der Waals surface area contributed by atoms with Gasteiger partial charge in [-0.25, -0.2) is 4.98 Å². The summed E-state index contributed by atoms with van der Waals surface area (Å²) in [5, 5.41) is 10.6. The number of hydrogen-bond donors (Lipinski definition) is 2. The highest BCUT2D eigenvalue weighted by atomic mass is 32.1. The zero-order chi connectivity index (χ0) is 14.8. The fraction of sp³-hybridized carbons (Fsp3) is 0.500. The molecule has 0 amide bonds. The van der Waals surface area contributed by atoms with Gasteiger partial charge in [0.25, 0.3) is 0 Å². The lowest BCUT2D eigenvalue weighted by molar-refractivity contribution is 0.420. The molecule has 4 rings (SSSR count). The van der Waals surface area contributed by atoms with Gasteiger partial charge in [-0.15, -0.1) is 11.3 Å². The first-order valence-electron chi connectivity index (χ1n) is 8.22. The SMILES string of the molecule is c1ccc(C2C[C@@H]2NCC2(CNCc3nccs3)CC2)cc1. The highest BCUT2D eigenvalue weighted by Gasteiger charge is 2.45. The topological polar surface area (TPSA) is 37.0 Å². The maximum Gasteiger partial charge on any atom is 0.106 e. The van der Waals surface area contributed by atoms with E-state index in [-0.39, 0.29) is 0 Å². The predicted molar refractivity (Wildman–Crippen MR) is 91.1 cm³/mol. The van der Waals surface area contributed by atoms with Crippen molar-refractivity contribution in [2.24, 2.45) is 5.41 Å². The van der Waals surface area contributed by atoms with E-state index < -0.39 is 0 Å². The van der Waals surface area contributed by atoms with Crippen LogP contribution < -0.4 is 10.6 Å². The van der Waals surface area contributed by atoms with Gasteiger partial charge in [0.1, 0.15) is 5.01 Å². The molecule has 0 saturated heterocycles. The summed E-state index contributed by atoms with van der Waals surface area (Å²) >= 11 is 1.73. The Morgan fingerprint density at radius 2 is 2.05 bits per heavy atom. The van der Waals surface area contributed by atoms with Gasteiger partial charge in [-0.3, -0.25) is 0 Å². The summed E-state index contributed by atoms with van der Waals surface area (Å²) in [5.41, 5.74) is 1.99. The van der Waals surface area contributed by atoms with Crippen LogP contribution in [0.5, 0.6) is 0 Å². The summed E-state index contributed by atoms with van der Waals surface area (Å²) < 4.78 is 0. The van der Waals surface area contributed by atoms with Crippen LogP contribution in [0.1, 0.15) is 35.8 Å². The van der Waals surface area contributed by atoms with Crippen molar-refractivity contribution in [1.82, 2.24) is 15.6 Å². The van der Waals surface area contributed by atoms with Crippen LogP contribution in [0.25, 0.3) is 0 Å². The summed E-state index contributed by atoms with van der Waals surface area (Å²) in [5.74, 6) is 0.736. The maximum absolute atomic E-state index is 4.32. The van der Waals surface area contributed by atoms with Crippen LogP contribution >= 0.6 is 11.3 Å². The molecule has 3 nitrogen and oxygen atoms in total. The van der Waals surface area contributed by atoms with Gasteiger partial charge < -0.3 is 10.6 Å². The van der Waals surface area contributed by atoms with Gasteiger partial charge in [-0.05, 0) is 30.2 Å². The molecular formula is C18H23N3S. The molecule has 0 bridgehead atoms. The zero-order valence-electron chi connectivity index (χ0n) is 12.8. The van der Waals surface area contributed by atoms with Gasteiger partial charge >= 0.3 is 0 Å². The van der Waals surface area contributed by atoms with Gasteiger partial charge in [-0.1, -0.05) is 30.3 Å². The highest BCUT2D eigenvalue weighted by molar-refractivity contribution is 7.09. The van der Waals surface area contributed by atoms with E-state index in [1.54, 1.807) is 11.3 Å². The van der Waals surface area contributed by atoms with Crippen molar-refractivity contribution < 1.29 is 0 Å². The summed E-state index contributed by atoms with van der Waals surface area (Å²) in [6, 6.07) is 11.6. The van der Waals surface area contributed by atoms with Crippen molar-refractivity contribution in [3.05, 3.63) is 52.5 Å². The van der Waals surface area contributed by atoms with Gasteiger partial charge in [-0.2, -0.15) is 0 Å². The van der Waals surface area contributed by atoms with Crippen molar-refractivity contribution in [3.8, 4) is 0 Å². The van der Waals surface area contributed by atoms with Crippen molar-refractivity contribution in [1.29, 1.82) is 0 Å². The number of thiazole rings is 1. The zero-order valence-corrected chi connectivity index (χ0v) is 13.6. The molecule has 1 aromatic carbocycles. The molecule has 2 fully saturated rings. The molecule has 1 unspecified atom stereocenters. The van der Waals surface area contributed by atoms with Crippen molar-refractivity contribution in [2.45, 2.75) is 37.8 Å². The minimum absolute atomic E-state index is 0.501. The molecule has 22 heavy (non-hydrogen) atoms. The second-order valence-electron chi connectivity index (χ2n) is 6.77. The molecule has 4 heteroatoms. The lowest BCUT2D eigenvalue weighted by atomic mass is 10.1. The molecule has 2 saturated carbocycles. The van der Waals surface area contributed by atoms with Crippen LogP contribution in [0.2, 0.25) is 0 Å². The minimum atomic E-state index is 0.501. The first kappa shape index (κ1) is 14.4. The standard InChI is InChI=1S/C18H23N3S/c1-2-4-14(5-3-1)15-10-16(15)21-13-18(6-7-18)12-19-11-17-20-8-9-22-17/h1-5,8-9,15-16,19,21H,6-7,10-13H2/t15?,16-/m0/s1. The number of rotatable bonds is 8. The average Bonchev–Trinajstić information content (AvgIpc) is 3.45. The van der Waals surface area contributed by atoms with Gasteiger partial charge in [0.05, 0.1) is 0 Å². The van der Waals surface area contributed by atoms with Gasteiger partial charge in [0.15, 0.2) is 0 Å². The maximum atomic E-state index is 4.32. The summed E-state index contributed by atoms with van der Waals surface area (Å²) in [7, 11) is 0. The second-order valence-corrected chi connectivity index (χ2v) is 7.75. The number of aromatic nitrogens is 1. The van der Waals surface area contributed by atoms with E-state index in [9.17, 15) is 0 Å². The molecule has 0 aliphatic heterocycles. The molecule has 116 valence electrons. The largest absolute Gasteiger partial charge is 0.313 e. The van der Waals surface area contributed by atoms with Crippen LogP contribution in [-0.2, 0) is 6.54 Å². The molecule has 2 aromatic rings. The average molecular weight is 313 g/mol. The van der Waals surface area contributed by atoms with E-state index in [2.05, 4.69) is 45.9 Å². The van der Waals surface area contributed by atoms with Crippen molar-refractivity contribution in [2.75, 3.05) is 13.1 Å². The molecule has 0 radical (unpaired) electrons. The normalized spacial score (nSPS) is 25.1. The molecule has 2 aliphatic carbocycles. The van der Waals surface area contributed by atoms with Crippen LogP contribution in [0, 0.1) is 5.41 Å². The summed E-state index contributed by atoms with van der Waals surface area (Å²) in [6.07, 6.45) is 5.89. The van der Waals surface area contributed by atoms with Crippen molar-refractivity contribution >= 4 is 11.3 Å². The van der Waals surface area contributed by atoms with E-state index in [1.807, 2.05) is 11.6 Å². The number of hydrogen-bond acceptors (Lipinski definition) is 4. The lowest BCUT2D eigenvalue weighted by Crippen LogP contribution is -2.34. The molecule has 2 N–H and O–H groups in total. The van der Waals surface area contributed by atoms with E-state index in [4.69, 9.17) is 0 Å². The Hall–Kier alpha value is -1.23. The molecule has 2 atom stereocenters. The Morgan fingerprint density at radius 1 is 1.18 bits per heavy atom. The first-order valence-corrected chi connectivity index (χ1v) is 9.10. The van der Waals surface area contributed by atoms with Gasteiger partial charge in [0.2, 0.25) is 0 Å². The highest BCUT2D eigenvalue weighted by Crippen LogP contribution is 2.46. The number of nitrogens with zero attached hydrogens (tertiary/aromatic N) is 1. The monoisotopic (exact) mass is 313 g/mol. The minimum Gasteiger partial charge on any atom is -0.313 e. The van der Waals surface area contributed by atoms with E-state index in [1.165, 1.54) is 29.8 Å². The Labute approximate surface area is 136 Å². The Bertz CT molecular complexity index is 592. The smallest absolute Gasteiger partial charge is 0.106 e. The van der Waals surface area contributed by atoms with Crippen LogP contribution in [0.3, 0.4) is 0 Å². The van der Waals surface area contributed by atoms with Crippen molar-refractivity contribution in [3.63, 3.8) is 0 Å². The van der Waals surface area contributed by atoms with E-state index in [0.717, 1.165) is 25.6 Å². The van der Waals surface area contributed by atoms with Crippen LogP contribution in [0.15, 0.2) is 41.9 Å². The second kappa shape index (κ2) is 6.11. The van der Waals surface area contributed by atoms with Crippen LogP contribution in [-0.4, -0.2) is 24.1 Å². The Morgan fingerprint density at radius 3 is 2.77 bits per heavy atom. The molecular weight excluding hydrogens is 290 g/mol. The quantitative estimate of drug-likeness (QED) is 0.786. The van der Waals surface area contributed by atoms with Crippen LogP contribution in [0.4, 0.5) is 0 Å². The van der Waals surface area contributed by atoms with E-state index in [0.29, 0.717) is 11.5 Å². The first-order chi connectivity index (χ1) is 10.8. The molecule has 0 spiro atoms. The molecule has 1 heterocycles. The third-order valence-corrected chi connectivity index (χ3v) is 5.75. The van der Waals surface area contributed by atoms with Gasteiger partial charge in [0, 0.05) is 43.2 Å². The number of nitrogens with one attached hydrogen (secondary N) is 2. The summed E-state index contributed by atoms with van der Waals surface area (Å²) in [4.78, 5) is 4.32. The Balaban J connectivity index is 1.20. The third kappa shape index (κ3) is 3.40. The fourth-order valence-corrected chi connectivity index (χ4v) is 3.79. The number of benzene rings is 1. The fourth-order valence-electron chi connectivity index (χ4n) is 3.20. The van der Waals surface area contributed by atoms with E-state index >= 15 is 0 Å². The summed E-state index contributed by atoms with van der Waals surface area (Å²) in [6.45, 7) is 3.18. The Kier molecular flexibility index (Phi) is 3.99.